The number of carbonyl (C=O) groups is 1. The Bertz CT molecular complexity index is 602. The normalized spacial score (nSPS) is 22.8. The first-order valence-corrected chi connectivity index (χ1v) is 9.71. The molecule has 2 aliphatic rings. The molecule has 0 bridgehead atoms. The van der Waals surface area contributed by atoms with Gasteiger partial charge in [-0.1, -0.05) is 18.5 Å². The van der Waals surface area contributed by atoms with E-state index in [1.54, 1.807) is 0 Å². The minimum absolute atomic E-state index is 0.0332. The van der Waals surface area contributed by atoms with Crippen LogP contribution in [0.1, 0.15) is 38.2 Å². The number of nitrogens with one attached hydrogen (secondary N) is 1. The van der Waals surface area contributed by atoms with E-state index in [0.29, 0.717) is 11.1 Å². The van der Waals surface area contributed by atoms with Crippen molar-refractivity contribution >= 4 is 23.3 Å². The van der Waals surface area contributed by atoms with Crippen LogP contribution in [0.4, 0.5) is 10.5 Å². The van der Waals surface area contributed by atoms with Crippen molar-refractivity contribution in [2.24, 2.45) is 0 Å². The van der Waals surface area contributed by atoms with Crippen molar-refractivity contribution in [1.82, 2.24) is 9.80 Å². The second-order valence-corrected chi connectivity index (χ2v) is 7.53. The fraction of sp³-hybridized carbons (Fsp3) is 0.632. The monoisotopic (exact) mass is 365 g/mol. The van der Waals surface area contributed by atoms with Crippen molar-refractivity contribution in [1.29, 1.82) is 0 Å². The number of likely N-dealkylation sites (tertiary alicyclic amines) is 2. The van der Waals surface area contributed by atoms with Crippen LogP contribution in [0, 0.1) is 0 Å². The zero-order valence-corrected chi connectivity index (χ0v) is 15.6. The summed E-state index contributed by atoms with van der Waals surface area (Å²) in [6.45, 7) is 5.43. The van der Waals surface area contributed by atoms with Crippen molar-refractivity contribution in [3.63, 3.8) is 0 Å². The second kappa shape index (κ2) is 8.39. The molecule has 0 aromatic heterocycles. The zero-order valence-electron chi connectivity index (χ0n) is 14.9. The Morgan fingerprint density at radius 1 is 1.28 bits per heavy atom. The number of halogens is 1. The number of nitrogens with zero attached hydrogens (tertiary/aromatic N) is 2. The first-order chi connectivity index (χ1) is 12.1. The Labute approximate surface area is 154 Å². The first kappa shape index (κ1) is 18.5. The van der Waals surface area contributed by atoms with Gasteiger partial charge >= 0.3 is 6.03 Å². The number of anilines is 1. The van der Waals surface area contributed by atoms with E-state index in [1.165, 1.54) is 0 Å². The number of hydrogen-bond acceptors (Lipinski definition) is 3. The van der Waals surface area contributed by atoms with E-state index in [9.17, 15) is 9.90 Å². The average molecular weight is 366 g/mol. The van der Waals surface area contributed by atoms with Crippen LogP contribution in [-0.2, 0) is 6.42 Å². The van der Waals surface area contributed by atoms with Crippen LogP contribution in [0.5, 0.6) is 0 Å². The lowest BCUT2D eigenvalue weighted by Crippen LogP contribution is -2.51. The number of aliphatic hydroxyl groups excluding tert-OH is 1. The van der Waals surface area contributed by atoms with Crippen molar-refractivity contribution in [2.75, 3.05) is 31.5 Å². The third-order valence-corrected chi connectivity index (χ3v) is 5.62. The van der Waals surface area contributed by atoms with E-state index in [1.807, 2.05) is 23.1 Å². The molecule has 2 N–H and O–H groups in total. The maximum absolute atomic E-state index is 12.6. The molecule has 3 rings (SSSR count). The highest BCUT2D eigenvalue weighted by Crippen LogP contribution is 2.24. The van der Waals surface area contributed by atoms with Crippen LogP contribution >= 0.6 is 11.6 Å². The molecule has 5 nitrogen and oxygen atoms in total. The highest BCUT2D eigenvalue weighted by atomic mass is 35.5. The molecule has 0 radical (unpaired) electrons. The summed E-state index contributed by atoms with van der Waals surface area (Å²) in [5.74, 6) is 0. The predicted molar refractivity (Wildman–Crippen MR) is 101 cm³/mol. The maximum Gasteiger partial charge on any atom is 0.321 e. The number of hydrogen-bond donors (Lipinski definition) is 2. The Morgan fingerprint density at radius 2 is 2.04 bits per heavy atom. The molecule has 1 aromatic rings. The van der Waals surface area contributed by atoms with Gasteiger partial charge in [-0.05, 0) is 62.4 Å². The number of rotatable bonds is 3. The van der Waals surface area contributed by atoms with E-state index in [4.69, 9.17) is 11.6 Å². The second-order valence-electron chi connectivity index (χ2n) is 7.09. The lowest BCUT2D eigenvalue weighted by Gasteiger charge is -2.41. The molecule has 2 aliphatic heterocycles. The minimum atomic E-state index is -0.188. The Morgan fingerprint density at radius 3 is 2.72 bits per heavy atom. The van der Waals surface area contributed by atoms with Gasteiger partial charge in [-0.15, -0.1) is 0 Å². The number of β-amino-alcohol motifs (C(OH)–C–C–N with tert-alkyl or cyclic N) is 1. The Kier molecular flexibility index (Phi) is 6.20. The molecule has 6 heteroatoms. The first-order valence-electron chi connectivity index (χ1n) is 9.33. The fourth-order valence-corrected chi connectivity index (χ4v) is 4.11. The molecule has 2 saturated heterocycles. The number of urea groups is 1. The van der Waals surface area contributed by atoms with Gasteiger partial charge in [0.05, 0.1) is 6.10 Å². The number of benzene rings is 1. The Hall–Kier alpha value is -1.30. The predicted octanol–water partition coefficient (Wildman–Crippen LogP) is 3.36. The van der Waals surface area contributed by atoms with Gasteiger partial charge in [-0.25, -0.2) is 4.79 Å². The number of piperidine rings is 2. The van der Waals surface area contributed by atoms with Crippen LogP contribution in [-0.4, -0.2) is 59.3 Å². The highest BCUT2D eigenvalue weighted by molar-refractivity contribution is 6.30. The molecule has 138 valence electrons. The van der Waals surface area contributed by atoms with Gasteiger partial charge in [0.1, 0.15) is 0 Å². The van der Waals surface area contributed by atoms with E-state index in [-0.39, 0.29) is 12.1 Å². The molecule has 2 amide bonds. The Balaban J connectivity index is 1.53. The zero-order chi connectivity index (χ0) is 17.8. The molecule has 0 aliphatic carbocycles. The van der Waals surface area contributed by atoms with Crippen LogP contribution < -0.4 is 5.32 Å². The SMILES string of the molecule is CCc1cc(Cl)ccc1NC(=O)N1CCC(N2CCC[C@H](O)C2)CC1. The molecule has 0 saturated carbocycles. The largest absolute Gasteiger partial charge is 0.392 e. The fourth-order valence-electron chi connectivity index (χ4n) is 3.92. The molecule has 25 heavy (non-hydrogen) atoms. The van der Waals surface area contributed by atoms with Crippen LogP contribution in [0.15, 0.2) is 18.2 Å². The van der Waals surface area contributed by atoms with Crippen LogP contribution in [0.25, 0.3) is 0 Å². The minimum Gasteiger partial charge on any atom is -0.392 e. The van der Waals surface area contributed by atoms with Crippen LogP contribution in [0.2, 0.25) is 5.02 Å². The summed E-state index contributed by atoms with van der Waals surface area (Å²) in [5, 5.41) is 13.6. The van der Waals surface area contributed by atoms with Crippen molar-refractivity contribution in [2.45, 2.75) is 51.2 Å². The topological polar surface area (TPSA) is 55.8 Å². The lowest BCUT2D eigenvalue weighted by atomic mass is 9.99. The molecule has 1 atom stereocenters. The summed E-state index contributed by atoms with van der Waals surface area (Å²) in [5.41, 5.74) is 1.90. The molecular formula is C19H28ClN3O2. The molecule has 0 unspecified atom stereocenters. The number of carbonyl (C=O) groups excluding carboxylic acids is 1. The van der Waals surface area contributed by atoms with Gasteiger partial charge in [-0.3, -0.25) is 4.90 Å². The van der Waals surface area contributed by atoms with Gasteiger partial charge in [0, 0.05) is 36.4 Å². The molecule has 2 fully saturated rings. The molecule has 1 aromatic carbocycles. The summed E-state index contributed by atoms with van der Waals surface area (Å²) >= 11 is 6.04. The number of aliphatic hydroxyl groups is 1. The average Bonchev–Trinajstić information content (AvgIpc) is 2.63. The van der Waals surface area contributed by atoms with Crippen molar-refractivity contribution in [3.05, 3.63) is 28.8 Å². The maximum atomic E-state index is 12.6. The van der Waals surface area contributed by atoms with E-state index < -0.39 is 0 Å². The molecule has 2 heterocycles. The smallest absolute Gasteiger partial charge is 0.321 e. The number of amides is 2. The summed E-state index contributed by atoms with van der Waals surface area (Å²) in [6.07, 6.45) is 4.57. The van der Waals surface area contributed by atoms with E-state index in [2.05, 4.69) is 17.1 Å². The van der Waals surface area contributed by atoms with E-state index in [0.717, 1.165) is 69.5 Å². The van der Waals surface area contributed by atoms with Gasteiger partial charge in [0.2, 0.25) is 0 Å². The quantitative estimate of drug-likeness (QED) is 0.863. The summed E-state index contributed by atoms with van der Waals surface area (Å²) < 4.78 is 0. The summed E-state index contributed by atoms with van der Waals surface area (Å²) in [6, 6.07) is 6.05. The van der Waals surface area contributed by atoms with Crippen LogP contribution in [0.3, 0.4) is 0 Å². The number of aryl methyl sites for hydroxylation is 1. The standard InChI is InChI=1S/C19H28ClN3O2/c1-2-14-12-15(20)5-6-18(14)21-19(25)22-10-7-16(8-11-22)23-9-3-4-17(24)13-23/h5-6,12,16-17,24H,2-4,7-11,13H2,1H3,(H,21,25)/t17-/m0/s1. The van der Waals surface area contributed by atoms with Crippen molar-refractivity contribution < 1.29 is 9.90 Å². The third kappa shape index (κ3) is 4.66. The van der Waals surface area contributed by atoms with Gasteiger partial charge in [0.15, 0.2) is 0 Å². The van der Waals surface area contributed by atoms with Crippen molar-refractivity contribution in [3.8, 4) is 0 Å². The van der Waals surface area contributed by atoms with Gasteiger partial charge < -0.3 is 15.3 Å². The molecular weight excluding hydrogens is 338 g/mol. The van der Waals surface area contributed by atoms with Gasteiger partial charge in [0.25, 0.3) is 0 Å². The lowest BCUT2D eigenvalue weighted by molar-refractivity contribution is 0.0298. The van der Waals surface area contributed by atoms with Gasteiger partial charge in [-0.2, -0.15) is 0 Å². The third-order valence-electron chi connectivity index (χ3n) is 5.39. The van der Waals surface area contributed by atoms with E-state index >= 15 is 0 Å². The summed E-state index contributed by atoms with van der Waals surface area (Å²) in [4.78, 5) is 16.9. The highest BCUT2D eigenvalue weighted by Gasteiger charge is 2.29. The molecule has 0 spiro atoms. The summed E-state index contributed by atoms with van der Waals surface area (Å²) in [7, 11) is 0.